The molecule has 0 spiro atoms. The van der Waals surface area contributed by atoms with E-state index in [9.17, 15) is 20.1 Å². The molecule has 2 aromatic rings. The number of benzene rings is 2. The predicted molar refractivity (Wildman–Crippen MR) is 116 cm³/mol. The van der Waals surface area contributed by atoms with Gasteiger partial charge in [-0.3, -0.25) is 0 Å². The third-order valence-electron chi connectivity index (χ3n) is 4.47. The van der Waals surface area contributed by atoms with Crippen LogP contribution in [0.1, 0.15) is 0 Å². The third kappa shape index (κ3) is 7.30. The monoisotopic (exact) mass is 448 g/mol. The molecule has 1 aliphatic rings. The summed E-state index contributed by atoms with van der Waals surface area (Å²) in [6.07, 6.45) is 0. The van der Waals surface area contributed by atoms with E-state index in [4.69, 9.17) is 28.4 Å². The van der Waals surface area contributed by atoms with Gasteiger partial charge in [0.05, 0.1) is 26.4 Å². The van der Waals surface area contributed by atoms with Crippen molar-refractivity contribution in [2.75, 3.05) is 52.9 Å². The van der Waals surface area contributed by atoms with Gasteiger partial charge in [-0.05, 0) is 35.2 Å². The first-order chi connectivity index (χ1) is 15.5. The Morgan fingerprint density at radius 2 is 0.812 bits per heavy atom. The molecule has 1 aliphatic heterocycles. The molecule has 0 saturated carbocycles. The van der Waals surface area contributed by atoms with Gasteiger partial charge in [0.15, 0.2) is 23.0 Å². The summed E-state index contributed by atoms with van der Waals surface area (Å²) < 4.78 is 33.8. The van der Waals surface area contributed by atoms with Gasteiger partial charge in [-0.25, -0.2) is 0 Å². The van der Waals surface area contributed by atoms with E-state index < -0.39 is 14.2 Å². The van der Waals surface area contributed by atoms with E-state index in [1.165, 1.54) is 24.3 Å². The van der Waals surface area contributed by atoms with Gasteiger partial charge in [-0.15, -0.1) is 0 Å². The van der Waals surface area contributed by atoms with Crippen molar-refractivity contribution in [1.29, 1.82) is 0 Å². The maximum absolute atomic E-state index is 9.39. The number of hydrogen-bond acceptors (Lipinski definition) is 10. The van der Waals surface area contributed by atoms with Gasteiger partial charge in [0.25, 0.3) is 0 Å². The average Bonchev–Trinajstić information content (AvgIpc) is 2.78. The second kappa shape index (κ2) is 12.5. The van der Waals surface area contributed by atoms with Crippen LogP contribution in [-0.4, -0.2) is 87.2 Å². The van der Waals surface area contributed by atoms with Crippen LogP contribution in [0.5, 0.6) is 23.0 Å². The van der Waals surface area contributed by atoms with Crippen LogP contribution < -0.4 is 29.9 Å². The summed E-state index contributed by atoms with van der Waals surface area (Å²) in [5, 5.41) is 37.5. The Hall–Kier alpha value is -2.47. The second-order valence-corrected chi connectivity index (χ2v) is 6.78. The van der Waals surface area contributed by atoms with E-state index in [0.717, 1.165) is 0 Å². The van der Waals surface area contributed by atoms with Gasteiger partial charge in [0, 0.05) is 0 Å². The summed E-state index contributed by atoms with van der Waals surface area (Å²) in [7, 11) is -3.23. The summed E-state index contributed by atoms with van der Waals surface area (Å²) >= 11 is 0. The second-order valence-electron chi connectivity index (χ2n) is 6.78. The van der Waals surface area contributed by atoms with E-state index in [-0.39, 0.29) is 63.8 Å². The summed E-state index contributed by atoms with van der Waals surface area (Å²) in [4.78, 5) is 0. The molecule has 12 heteroatoms. The van der Waals surface area contributed by atoms with Crippen molar-refractivity contribution < 1.29 is 48.5 Å². The van der Waals surface area contributed by atoms with Crippen molar-refractivity contribution in [2.24, 2.45) is 0 Å². The van der Waals surface area contributed by atoms with Crippen LogP contribution in [0.4, 0.5) is 0 Å². The molecule has 0 aromatic heterocycles. The molecule has 4 N–H and O–H groups in total. The van der Waals surface area contributed by atoms with E-state index in [2.05, 4.69) is 0 Å². The molecule has 0 bridgehead atoms. The van der Waals surface area contributed by atoms with Crippen LogP contribution in [0.3, 0.4) is 0 Å². The Kier molecular flexibility index (Phi) is 9.47. The maximum Gasteiger partial charge on any atom is 0.488 e. The van der Waals surface area contributed by atoms with Gasteiger partial charge < -0.3 is 48.5 Å². The Balaban J connectivity index is 1.63. The van der Waals surface area contributed by atoms with Crippen LogP contribution in [0, 0.1) is 0 Å². The van der Waals surface area contributed by atoms with Gasteiger partial charge in [-0.2, -0.15) is 0 Å². The van der Waals surface area contributed by atoms with Gasteiger partial charge in [0.1, 0.15) is 26.4 Å². The molecular formula is C20H26B2O10. The van der Waals surface area contributed by atoms with Crippen LogP contribution in [0.15, 0.2) is 36.4 Å². The lowest BCUT2D eigenvalue weighted by Crippen LogP contribution is -2.30. The molecule has 0 aliphatic carbocycles. The Bertz CT molecular complexity index is 780. The molecule has 3 rings (SSSR count). The van der Waals surface area contributed by atoms with Crippen molar-refractivity contribution in [2.45, 2.75) is 0 Å². The van der Waals surface area contributed by atoms with Crippen LogP contribution >= 0.6 is 0 Å². The lowest BCUT2D eigenvalue weighted by Gasteiger charge is -2.16. The largest absolute Gasteiger partial charge is 0.488 e. The zero-order valence-electron chi connectivity index (χ0n) is 17.5. The molecule has 10 nitrogen and oxygen atoms in total. The number of hydrogen-bond donors (Lipinski definition) is 4. The van der Waals surface area contributed by atoms with Crippen LogP contribution in [0.25, 0.3) is 0 Å². The van der Waals surface area contributed by atoms with Crippen LogP contribution in [0.2, 0.25) is 0 Å². The zero-order valence-corrected chi connectivity index (χ0v) is 17.5. The first-order valence-electron chi connectivity index (χ1n) is 10.2. The Morgan fingerprint density at radius 1 is 0.469 bits per heavy atom. The first kappa shape index (κ1) is 24.2. The van der Waals surface area contributed by atoms with Crippen molar-refractivity contribution in [3.63, 3.8) is 0 Å². The highest BCUT2D eigenvalue weighted by Gasteiger charge is 2.17. The minimum atomic E-state index is -1.62. The van der Waals surface area contributed by atoms with Gasteiger partial charge in [0.2, 0.25) is 0 Å². The van der Waals surface area contributed by atoms with Crippen molar-refractivity contribution in [3.8, 4) is 23.0 Å². The quantitative estimate of drug-likeness (QED) is 0.394. The molecule has 0 unspecified atom stereocenters. The molecule has 172 valence electrons. The standard InChI is InChI=1S/C20H26B2O10/c23-21(24)15-1-3-17-19(13-15)31-11-7-28-6-10-30-18-4-2-16(22(25)26)14-20(18)32-12-8-27-5-9-29-17/h1-4,13-14,23-26H,5-12H2. The van der Waals surface area contributed by atoms with E-state index in [1.807, 2.05) is 0 Å². The summed E-state index contributed by atoms with van der Waals surface area (Å²) in [5.74, 6) is 1.64. The minimum absolute atomic E-state index is 0.218. The fraction of sp³-hybridized carbons (Fsp3) is 0.400. The van der Waals surface area contributed by atoms with Crippen LogP contribution in [-0.2, 0) is 9.47 Å². The van der Waals surface area contributed by atoms with Crippen molar-refractivity contribution in [3.05, 3.63) is 36.4 Å². The highest BCUT2D eigenvalue weighted by atomic mass is 16.6. The summed E-state index contributed by atoms with van der Waals surface area (Å²) in [6, 6.07) is 9.29. The number of rotatable bonds is 2. The lowest BCUT2D eigenvalue weighted by atomic mass is 9.80. The van der Waals surface area contributed by atoms with E-state index in [0.29, 0.717) is 23.0 Å². The minimum Gasteiger partial charge on any atom is -0.487 e. The normalized spacial score (nSPS) is 15.9. The highest BCUT2D eigenvalue weighted by molar-refractivity contribution is 6.59. The van der Waals surface area contributed by atoms with E-state index >= 15 is 0 Å². The molecule has 0 atom stereocenters. The smallest absolute Gasteiger partial charge is 0.487 e. The zero-order chi connectivity index (χ0) is 22.8. The summed E-state index contributed by atoms with van der Waals surface area (Å²) in [6.45, 7) is 2.05. The molecule has 32 heavy (non-hydrogen) atoms. The van der Waals surface area contributed by atoms with E-state index in [1.54, 1.807) is 12.1 Å². The number of fused-ring (bicyclic) bond motifs is 2. The Morgan fingerprint density at radius 3 is 1.16 bits per heavy atom. The Labute approximate surface area is 186 Å². The lowest BCUT2D eigenvalue weighted by molar-refractivity contribution is 0.0640. The fourth-order valence-corrected chi connectivity index (χ4v) is 2.88. The molecule has 0 amide bonds. The van der Waals surface area contributed by atoms with Crippen molar-refractivity contribution in [1.82, 2.24) is 0 Å². The summed E-state index contributed by atoms with van der Waals surface area (Å²) in [5.41, 5.74) is 0.570. The molecule has 0 radical (unpaired) electrons. The predicted octanol–water partition coefficient (Wildman–Crippen LogP) is -1.69. The molecule has 2 aromatic carbocycles. The SMILES string of the molecule is OB(O)c1ccc2c(c1)OCCOCCOc1ccc(B(O)O)cc1OCCOCCO2. The number of ether oxygens (including phenoxy) is 6. The van der Waals surface area contributed by atoms with Gasteiger partial charge >= 0.3 is 14.2 Å². The topological polar surface area (TPSA) is 136 Å². The van der Waals surface area contributed by atoms with Crippen molar-refractivity contribution >= 4 is 25.2 Å². The van der Waals surface area contributed by atoms with Gasteiger partial charge in [-0.1, -0.05) is 12.1 Å². The highest BCUT2D eigenvalue weighted by Crippen LogP contribution is 2.27. The molecule has 1 heterocycles. The fourth-order valence-electron chi connectivity index (χ4n) is 2.88. The maximum atomic E-state index is 9.39. The average molecular weight is 448 g/mol. The molecule has 0 fully saturated rings. The molecule has 0 saturated heterocycles. The molecular weight excluding hydrogens is 422 g/mol. The first-order valence-corrected chi connectivity index (χ1v) is 10.2. The third-order valence-corrected chi connectivity index (χ3v) is 4.47.